The molecule has 0 fully saturated rings. The van der Waals surface area contributed by atoms with Crippen LogP contribution in [-0.4, -0.2) is 5.11 Å². The van der Waals surface area contributed by atoms with Crippen LogP contribution in [0.15, 0.2) is 42.5 Å². The van der Waals surface area contributed by atoms with Crippen LogP contribution < -0.4 is 0 Å². The first-order valence-electron chi connectivity index (χ1n) is 5.01. The molecular formula is C13H11NOS. The molecule has 80 valence electrons. The van der Waals surface area contributed by atoms with Crippen LogP contribution in [-0.2, 0) is 0 Å². The van der Waals surface area contributed by atoms with Crippen molar-refractivity contribution in [2.75, 3.05) is 0 Å². The van der Waals surface area contributed by atoms with Gasteiger partial charge in [-0.05, 0) is 17.7 Å². The molecule has 16 heavy (non-hydrogen) atoms. The number of hydrogen-bond acceptors (Lipinski definition) is 3. The topological polar surface area (TPSA) is 44.0 Å². The molecule has 0 aliphatic heterocycles. The number of rotatable bonds is 3. The normalized spacial score (nSPS) is 12.0. The Bertz CT molecular complexity index is 498. The molecule has 0 spiro atoms. The zero-order valence-corrected chi connectivity index (χ0v) is 9.45. The van der Waals surface area contributed by atoms with Gasteiger partial charge in [0.25, 0.3) is 0 Å². The molecule has 2 aromatic rings. The Morgan fingerprint density at radius 1 is 1.19 bits per heavy atom. The second kappa shape index (κ2) is 4.93. The van der Waals surface area contributed by atoms with Gasteiger partial charge in [0.15, 0.2) is 0 Å². The SMILES string of the molecule is N#CCC(O)c1ccc(-c2ccccc2)s1. The maximum absolute atomic E-state index is 9.67. The Morgan fingerprint density at radius 2 is 1.94 bits per heavy atom. The van der Waals surface area contributed by atoms with E-state index in [0.717, 1.165) is 15.3 Å². The first kappa shape index (κ1) is 10.9. The van der Waals surface area contributed by atoms with E-state index in [1.807, 2.05) is 48.5 Å². The molecule has 1 unspecified atom stereocenters. The monoisotopic (exact) mass is 229 g/mol. The van der Waals surface area contributed by atoms with E-state index < -0.39 is 6.10 Å². The fourth-order valence-corrected chi connectivity index (χ4v) is 2.48. The summed E-state index contributed by atoms with van der Waals surface area (Å²) < 4.78 is 0. The maximum Gasteiger partial charge on any atom is 0.101 e. The third-order valence-electron chi connectivity index (χ3n) is 2.30. The minimum atomic E-state index is -0.660. The Kier molecular flexibility index (Phi) is 3.35. The van der Waals surface area contributed by atoms with Crippen LogP contribution in [0.3, 0.4) is 0 Å². The van der Waals surface area contributed by atoms with Crippen LogP contribution in [0.25, 0.3) is 10.4 Å². The highest BCUT2D eigenvalue weighted by atomic mass is 32.1. The van der Waals surface area contributed by atoms with E-state index in [4.69, 9.17) is 5.26 Å². The van der Waals surface area contributed by atoms with Gasteiger partial charge >= 0.3 is 0 Å². The van der Waals surface area contributed by atoms with Gasteiger partial charge in [0, 0.05) is 9.75 Å². The summed E-state index contributed by atoms with van der Waals surface area (Å²) in [6.45, 7) is 0. The van der Waals surface area contributed by atoms with Crippen LogP contribution in [0.5, 0.6) is 0 Å². The minimum absolute atomic E-state index is 0.148. The molecule has 1 N–H and O–H groups in total. The number of aliphatic hydroxyl groups excluding tert-OH is 1. The van der Waals surface area contributed by atoms with Crippen LogP contribution in [0.1, 0.15) is 17.4 Å². The minimum Gasteiger partial charge on any atom is -0.386 e. The average molecular weight is 229 g/mol. The molecule has 0 saturated heterocycles. The second-order valence-electron chi connectivity index (χ2n) is 3.45. The molecule has 0 aliphatic carbocycles. The molecule has 0 radical (unpaired) electrons. The van der Waals surface area contributed by atoms with E-state index in [9.17, 15) is 5.11 Å². The molecule has 1 atom stereocenters. The lowest BCUT2D eigenvalue weighted by molar-refractivity contribution is 0.187. The van der Waals surface area contributed by atoms with Gasteiger partial charge in [0.05, 0.1) is 12.5 Å². The Balaban J connectivity index is 2.24. The van der Waals surface area contributed by atoms with Crippen molar-refractivity contribution >= 4 is 11.3 Å². The standard InChI is InChI=1S/C13H11NOS/c14-9-8-11(15)13-7-6-12(16-13)10-4-2-1-3-5-10/h1-7,11,15H,8H2. The first-order chi connectivity index (χ1) is 7.81. The quantitative estimate of drug-likeness (QED) is 0.877. The van der Waals surface area contributed by atoms with Crippen molar-refractivity contribution in [2.24, 2.45) is 0 Å². The lowest BCUT2D eigenvalue weighted by Crippen LogP contribution is -1.90. The average Bonchev–Trinajstić information content (AvgIpc) is 2.80. The van der Waals surface area contributed by atoms with Crippen molar-refractivity contribution in [3.8, 4) is 16.5 Å². The molecule has 1 heterocycles. The van der Waals surface area contributed by atoms with Gasteiger partial charge < -0.3 is 5.11 Å². The highest BCUT2D eigenvalue weighted by molar-refractivity contribution is 7.15. The smallest absolute Gasteiger partial charge is 0.101 e. The van der Waals surface area contributed by atoms with Crippen molar-refractivity contribution in [1.82, 2.24) is 0 Å². The van der Waals surface area contributed by atoms with Gasteiger partial charge in [-0.1, -0.05) is 30.3 Å². The lowest BCUT2D eigenvalue weighted by Gasteiger charge is -2.01. The van der Waals surface area contributed by atoms with Crippen molar-refractivity contribution < 1.29 is 5.11 Å². The number of benzene rings is 1. The van der Waals surface area contributed by atoms with E-state index in [0.29, 0.717) is 0 Å². The van der Waals surface area contributed by atoms with E-state index in [-0.39, 0.29) is 6.42 Å². The van der Waals surface area contributed by atoms with Crippen molar-refractivity contribution in [1.29, 1.82) is 5.26 Å². The van der Waals surface area contributed by atoms with Gasteiger partial charge in [0.2, 0.25) is 0 Å². The number of nitrogens with zero attached hydrogens (tertiary/aromatic N) is 1. The van der Waals surface area contributed by atoms with Crippen LogP contribution in [0.2, 0.25) is 0 Å². The van der Waals surface area contributed by atoms with Crippen molar-refractivity contribution in [3.05, 3.63) is 47.3 Å². The second-order valence-corrected chi connectivity index (χ2v) is 4.56. The summed E-state index contributed by atoms with van der Waals surface area (Å²) >= 11 is 1.53. The summed E-state index contributed by atoms with van der Waals surface area (Å²) in [5, 5.41) is 18.2. The number of thiophene rings is 1. The summed E-state index contributed by atoms with van der Waals surface area (Å²) in [4.78, 5) is 1.97. The molecule has 2 rings (SSSR count). The van der Waals surface area contributed by atoms with E-state index in [1.54, 1.807) is 0 Å². The Labute approximate surface area is 98.4 Å². The van der Waals surface area contributed by atoms with E-state index in [1.165, 1.54) is 11.3 Å². The zero-order valence-electron chi connectivity index (χ0n) is 8.63. The van der Waals surface area contributed by atoms with Crippen LogP contribution in [0, 0.1) is 11.3 Å². The number of aliphatic hydroxyl groups is 1. The summed E-state index contributed by atoms with van der Waals surface area (Å²) in [6.07, 6.45) is -0.512. The molecular weight excluding hydrogens is 218 g/mol. The molecule has 1 aromatic heterocycles. The summed E-state index contributed by atoms with van der Waals surface area (Å²) in [7, 11) is 0. The largest absolute Gasteiger partial charge is 0.386 e. The lowest BCUT2D eigenvalue weighted by atomic mass is 10.2. The highest BCUT2D eigenvalue weighted by Crippen LogP contribution is 2.32. The molecule has 0 amide bonds. The van der Waals surface area contributed by atoms with E-state index >= 15 is 0 Å². The molecule has 0 saturated carbocycles. The zero-order chi connectivity index (χ0) is 11.4. The fraction of sp³-hybridized carbons (Fsp3) is 0.154. The maximum atomic E-state index is 9.67. The van der Waals surface area contributed by atoms with Gasteiger partial charge in [-0.25, -0.2) is 0 Å². The van der Waals surface area contributed by atoms with Gasteiger partial charge in [-0.2, -0.15) is 5.26 Å². The third-order valence-corrected chi connectivity index (χ3v) is 3.53. The van der Waals surface area contributed by atoms with Crippen LogP contribution >= 0.6 is 11.3 Å². The fourth-order valence-electron chi connectivity index (χ4n) is 1.48. The van der Waals surface area contributed by atoms with Gasteiger partial charge in [0.1, 0.15) is 6.10 Å². The third kappa shape index (κ3) is 2.30. The molecule has 1 aromatic carbocycles. The summed E-state index contributed by atoms with van der Waals surface area (Å²) in [5.41, 5.74) is 1.14. The van der Waals surface area contributed by atoms with Gasteiger partial charge in [-0.15, -0.1) is 11.3 Å². The molecule has 0 bridgehead atoms. The summed E-state index contributed by atoms with van der Waals surface area (Å²) in [5.74, 6) is 0. The molecule has 2 nitrogen and oxygen atoms in total. The molecule has 3 heteroatoms. The summed E-state index contributed by atoms with van der Waals surface area (Å²) in [6, 6.07) is 15.9. The van der Waals surface area contributed by atoms with Crippen molar-refractivity contribution in [3.63, 3.8) is 0 Å². The Hall–Kier alpha value is -1.63. The van der Waals surface area contributed by atoms with Crippen LogP contribution in [0.4, 0.5) is 0 Å². The number of nitriles is 1. The first-order valence-corrected chi connectivity index (χ1v) is 5.83. The highest BCUT2D eigenvalue weighted by Gasteiger charge is 2.10. The van der Waals surface area contributed by atoms with Crippen molar-refractivity contribution in [2.45, 2.75) is 12.5 Å². The van der Waals surface area contributed by atoms with Gasteiger partial charge in [-0.3, -0.25) is 0 Å². The predicted molar refractivity (Wildman–Crippen MR) is 64.9 cm³/mol. The number of hydrogen-bond donors (Lipinski definition) is 1. The van der Waals surface area contributed by atoms with E-state index in [2.05, 4.69) is 0 Å². The molecule has 0 aliphatic rings. The predicted octanol–water partition coefficient (Wildman–Crippen LogP) is 3.36. The Morgan fingerprint density at radius 3 is 2.62 bits per heavy atom.